The van der Waals surface area contributed by atoms with E-state index in [4.69, 9.17) is 4.74 Å². The van der Waals surface area contributed by atoms with Gasteiger partial charge in [0.25, 0.3) is 11.0 Å². The summed E-state index contributed by atoms with van der Waals surface area (Å²) < 4.78 is 58.2. The zero-order valence-electron chi connectivity index (χ0n) is 8.33. The van der Waals surface area contributed by atoms with Crippen molar-refractivity contribution < 1.29 is 22.3 Å². The molecule has 0 fully saturated rings. The lowest BCUT2D eigenvalue weighted by Crippen LogP contribution is -2.06. The van der Waals surface area contributed by atoms with E-state index in [2.05, 4.69) is 25.3 Å². The molecule has 2 rings (SSSR count). The predicted octanol–water partition coefficient (Wildman–Crippen LogP) is 4.25. The molecule has 0 radical (unpaired) electrons. The molecule has 1 heterocycles. The molecule has 0 saturated carbocycles. The van der Waals surface area contributed by atoms with Crippen molar-refractivity contribution in [2.24, 2.45) is 0 Å². The molecule has 0 spiro atoms. The Kier molecular flexibility index (Phi) is 3.53. The third kappa shape index (κ3) is 3.16. The minimum absolute atomic E-state index is 0.0340. The molecule has 0 aliphatic heterocycles. The maximum Gasteiger partial charge on any atom is 0.452 e. The molecule has 1 aromatic heterocycles. The second kappa shape index (κ2) is 4.81. The van der Waals surface area contributed by atoms with Gasteiger partial charge in [0.05, 0.1) is 0 Å². The summed E-state index contributed by atoms with van der Waals surface area (Å²) in [6.07, 6.45) is -4.62. The van der Waals surface area contributed by atoms with Crippen molar-refractivity contribution in [3.63, 3.8) is 0 Å². The molecule has 18 heavy (non-hydrogen) atoms. The zero-order chi connectivity index (χ0) is 13.3. The van der Waals surface area contributed by atoms with E-state index in [1.807, 2.05) is 0 Å². The highest BCUT2D eigenvalue weighted by Crippen LogP contribution is 2.32. The maximum absolute atomic E-state index is 13.0. The van der Waals surface area contributed by atoms with E-state index in [9.17, 15) is 17.6 Å². The summed E-state index contributed by atoms with van der Waals surface area (Å²) >= 11 is 3.47. The van der Waals surface area contributed by atoms with Gasteiger partial charge in [0, 0.05) is 22.1 Å². The summed E-state index contributed by atoms with van der Waals surface area (Å²) in [6.45, 7) is 0. The van der Waals surface area contributed by atoms with E-state index in [1.165, 1.54) is 12.1 Å². The van der Waals surface area contributed by atoms with Gasteiger partial charge in [-0.05, 0) is 12.1 Å². The largest absolute Gasteiger partial charge is 0.452 e. The van der Waals surface area contributed by atoms with Gasteiger partial charge in [0.1, 0.15) is 11.6 Å². The first-order valence-electron chi connectivity index (χ1n) is 4.39. The number of hydrogen-bond donors (Lipinski definition) is 0. The zero-order valence-corrected chi connectivity index (χ0v) is 10.7. The fourth-order valence-corrected chi connectivity index (χ4v) is 2.07. The molecule has 0 aliphatic carbocycles. The number of alkyl halides is 3. The van der Waals surface area contributed by atoms with Crippen molar-refractivity contribution in [2.45, 2.75) is 6.18 Å². The Bertz CT molecular complexity index is 552. The van der Waals surface area contributed by atoms with E-state index >= 15 is 0 Å². The molecule has 0 unspecified atom stereocenters. The number of ether oxygens (including phenoxy) is 1. The summed E-state index contributed by atoms with van der Waals surface area (Å²) in [7, 11) is 0. The Morgan fingerprint density at radius 1 is 1.22 bits per heavy atom. The number of halogens is 5. The first kappa shape index (κ1) is 13.2. The molecule has 0 amide bonds. The lowest BCUT2D eigenvalue weighted by Gasteiger charge is -2.02. The summed E-state index contributed by atoms with van der Waals surface area (Å²) in [5, 5.41) is -0.306. The third-order valence-corrected chi connectivity index (χ3v) is 2.76. The van der Waals surface area contributed by atoms with Gasteiger partial charge in [-0.3, -0.25) is 0 Å². The van der Waals surface area contributed by atoms with Crippen LogP contribution in [-0.4, -0.2) is 9.36 Å². The maximum atomic E-state index is 13.0. The number of benzene rings is 1. The van der Waals surface area contributed by atoms with Gasteiger partial charge in [0.2, 0.25) is 0 Å². The highest BCUT2D eigenvalue weighted by molar-refractivity contribution is 9.10. The molecule has 9 heteroatoms. The molecular formula is C9H3BrF4N2OS. The van der Waals surface area contributed by atoms with Gasteiger partial charge in [-0.15, -0.1) is 0 Å². The van der Waals surface area contributed by atoms with Gasteiger partial charge in [0.15, 0.2) is 0 Å². The Balaban J connectivity index is 2.21. The fraction of sp³-hybridized carbons (Fsp3) is 0.111. The normalized spacial score (nSPS) is 11.6. The highest BCUT2D eigenvalue weighted by atomic mass is 79.9. The molecular weight excluding hydrogens is 340 g/mol. The second-order valence-electron chi connectivity index (χ2n) is 3.09. The summed E-state index contributed by atoms with van der Waals surface area (Å²) in [5.41, 5.74) is 0. The van der Waals surface area contributed by atoms with Gasteiger partial charge in [-0.2, -0.15) is 22.5 Å². The number of nitrogens with zero attached hydrogens (tertiary/aromatic N) is 2. The summed E-state index contributed by atoms with van der Waals surface area (Å²) in [4.78, 5) is 3.16. The minimum Gasteiger partial charge on any atom is -0.430 e. The third-order valence-electron chi connectivity index (χ3n) is 1.70. The monoisotopic (exact) mass is 342 g/mol. The van der Waals surface area contributed by atoms with Crippen LogP contribution in [0.4, 0.5) is 17.6 Å². The first-order chi connectivity index (χ1) is 8.34. The van der Waals surface area contributed by atoms with E-state index in [0.29, 0.717) is 16.0 Å². The van der Waals surface area contributed by atoms with Crippen LogP contribution in [0.15, 0.2) is 22.7 Å². The SMILES string of the molecule is Fc1cc(Br)cc(Oc2nc(C(F)(F)F)ns2)c1. The number of rotatable bonds is 2. The lowest BCUT2D eigenvalue weighted by atomic mass is 10.3. The Morgan fingerprint density at radius 3 is 2.50 bits per heavy atom. The first-order valence-corrected chi connectivity index (χ1v) is 5.96. The summed E-state index contributed by atoms with van der Waals surface area (Å²) in [5.74, 6) is -1.83. The van der Waals surface area contributed by atoms with Crippen LogP contribution in [0, 0.1) is 5.82 Å². The molecule has 0 saturated heterocycles. The molecule has 0 aliphatic rings. The van der Waals surface area contributed by atoms with Crippen molar-refractivity contribution in [2.75, 3.05) is 0 Å². The molecule has 0 atom stereocenters. The smallest absolute Gasteiger partial charge is 0.430 e. The van der Waals surface area contributed by atoms with E-state index in [0.717, 1.165) is 6.07 Å². The average Bonchev–Trinajstić information content (AvgIpc) is 2.63. The van der Waals surface area contributed by atoms with Crippen LogP contribution in [0.1, 0.15) is 5.82 Å². The van der Waals surface area contributed by atoms with E-state index in [-0.39, 0.29) is 10.9 Å². The summed E-state index contributed by atoms with van der Waals surface area (Å²) in [6, 6.07) is 3.62. The van der Waals surface area contributed by atoms with Crippen LogP contribution in [-0.2, 0) is 6.18 Å². The van der Waals surface area contributed by atoms with Crippen LogP contribution in [0.3, 0.4) is 0 Å². The standard InChI is InChI=1S/C9H3BrF4N2OS/c10-4-1-5(11)3-6(2-4)17-8-15-7(16-18-8)9(12,13)14/h1-3H. The van der Waals surface area contributed by atoms with Gasteiger partial charge in [-0.25, -0.2) is 4.39 Å². The average molecular weight is 343 g/mol. The molecule has 0 N–H and O–H groups in total. The highest BCUT2D eigenvalue weighted by Gasteiger charge is 2.36. The van der Waals surface area contributed by atoms with E-state index in [1.54, 1.807) is 0 Å². The van der Waals surface area contributed by atoms with Crippen LogP contribution >= 0.6 is 27.5 Å². The predicted molar refractivity (Wildman–Crippen MR) is 59.1 cm³/mol. The number of aromatic nitrogens is 2. The fourth-order valence-electron chi connectivity index (χ4n) is 1.05. The Morgan fingerprint density at radius 2 is 1.94 bits per heavy atom. The lowest BCUT2D eigenvalue weighted by molar-refractivity contribution is -0.144. The molecule has 3 nitrogen and oxygen atoms in total. The second-order valence-corrected chi connectivity index (χ2v) is 4.72. The molecule has 2 aromatic rings. The van der Waals surface area contributed by atoms with Crippen molar-refractivity contribution in [3.8, 4) is 10.9 Å². The number of hydrogen-bond acceptors (Lipinski definition) is 4. The van der Waals surface area contributed by atoms with Gasteiger partial charge >= 0.3 is 6.18 Å². The topological polar surface area (TPSA) is 35.0 Å². The quantitative estimate of drug-likeness (QED) is 0.765. The van der Waals surface area contributed by atoms with Crippen LogP contribution in [0.5, 0.6) is 10.9 Å². The molecule has 1 aromatic carbocycles. The van der Waals surface area contributed by atoms with Gasteiger partial charge in [-0.1, -0.05) is 15.9 Å². The van der Waals surface area contributed by atoms with Crippen LogP contribution < -0.4 is 4.74 Å². The minimum atomic E-state index is -4.62. The molecule has 0 bridgehead atoms. The van der Waals surface area contributed by atoms with Crippen LogP contribution in [0.2, 0.25) is 0 Å². The van der Waals surface area contributed by atoms with E-state index < -0.39 is 17.8 Å². The van der Waals surface area contributed by atoms with Crippen LogP contribution in [0.25, 0.3) is 0 Å². The van der Waals surface area contributed by atoms with Crippen molar-refractivity contribution in [1.29, 1.82) is 0 Å². The van der Waals surface area contributed by atoms with Crippen molar-refractivity contribution in [3.05, 3.63) is 34.3 Å². The molecule has 96 valence electrons. The van der Waals surface area contributed by atoms with Gasteiger partial charge < -0.3 is 4.74 Å². The Hall–Kier alpha value is -1.22. The van der Waals surface area contributed by atoms with Crippen molar-refractivity contribution in [1.82, 2.24) is 9.36 Å². The Labute approximate surface area is 111 Å². The van der Waals surface area contributed by atoms with Crippen molar-refractivity contribution >= 4 is 27.5 Å².